The van der Waals surface area contributed by atoms with E-state index in [0.29, 0.717) is 5.69 Å². The van der Waals surface area contributed by atoms with Crippen molar-refractivity contribution in [2.24, 2.45) is 0 Å². The summed E-state index contributed by atoms with van der Waals surface area (Å²) in [5.74, 6) is -0.0281. The first-order valence-electron chi connectivity index (χ1n) is 9.92. The first-order valence-corrected chi connectivity index (χ1v) is 9.92. The van der Waals surface area contributed by atoms with E-state index in [1.54, 1.807) is 6.07 Å². The van der Waals surface area contributed by atoms with Crippen molar-refractivity contribution < 1.29 is 4.79 Å². The van der Waals surface area contributed by atoms with Gasteiger partial charge >= 0.3 is 0 Å². The second-order valence-corrected chi connectivity index (χ2v) is 7.40. The van der Waals surface area contributed by atoms with Gasteiger partial charge in [0.05, 0.1) is 5.69 Å². The summed E-state index contributed by atoms with van der Waals surface area (Å²) in [6, 6.07) is 11.6. The lowest BCUT2D eigenvalue weighted by Gasteiger charge is -2.28. The zero-order valence-electron chi connectivity index (χ0n) is 15.6. The van der Waals surface area contributed by atoms with E-state index in [-0.39, 0.29) is 18.0 Å². The molecule has 3 heterocycles. The Hall–Kier alpha value is -2.63. The third kappa shape index (κ3) is 4.04. The summed E-state index contributed by atoms with van der Waals surface area (Å²) in [6.07, 6.45) is 5.89. The summed E-state index contributed by atoms with van der Waals surface area (Å²) >= 11 is 0. The fourth-order valence-electron chi connectivity index (χ4n) is 3.91. The number of anilines is 1. The van der Waals surface area contributed by atoms with Crippen molar-refractivity contribution in [3.05, 3.63) is 46.8 Å². The number of amides is 1. The Labute approximate surface area is 159 Å². The van der Waals surface area contributed by atoms with Crippen LogP contribution in [-0.2, 0) is 11.3 Å². The molecule has 1 aromatic carbocycles. The van der Waals surface area contributed by atoms with Gasteiger partial charge in [-0.1, -0.05) is 12.1 Å². The molecule has 2 aromatic rings. The topological polar surface area (TPSA) is 58.4 Å². The fraction of sp³-hybridized carbons (Fsp3) is 0.476. The second-order valence-electron chi connectivity index (χ2n) is 7.40. The molecule has 2 aliphatic heterocycles. The summed E-state index contributed by atoms with van der Waals surface area (Å²) in [5.41, 5.74) is 2.67. The molecule has 0 aliphatic carbocycles. The molecule has 0 unspecified atom stereocenters. The van der Waals surface area contributed by atoms with E-state index in [9.17, 15) is 9.59 Å². The van der Waals surface area contributed by atoms with Crippen molar-refractivity contribution in [1.82, 2.24) is 14.7 Å². The predicted octanol–water partition coefficient (Wildman–Crippen LogP) is 2.52. The minimum atomic E-state index is -0.240. The minimum absolute atomic E-state index is 0.0124. The molecule has 2 saturated heterocycles. The van der Waals surface area contributed by atoms with Gasteiger partial charge in [-0.2, -0.15) is 5.10 Å². The maximum absolute atomic E-state index is 12.4. The summed E-state index contributed by atoms with van der Waals surface area (Å²) in [6.45, 7) is 3.80. The summed E-state index contributed by atoms with van der Waals surface area (Å²) in [7, 11) is 0. The number of likely N-dealkylation sites (tertiary alicyclic amines) is 1. The molecule has 0 N–H and O–H groups in total. The van der Waals surface area contributed by atoms with E-state index in [4.69, 9.17) is 0 Å². The van der Waals surface area contributed by atoms with Crippen LogP contribution < -0.4 is 10.5 Å². The Morgan fingerprint density at radius 2 is 1.52 bits per heavy atom. The molecule has 6 nitrogen and oxygen atoms in total. The van der Waals surface area contributed by atoms with Gasteiger partial charge in [-0.25, -0.2) is 4.68 Å². The molecule has 1 amide bonds. The van der Waals surface area contributed by atoms with Gasteiger partial charge in [-0.05, 0) is 50.3 Å². The minimum Gasteiger partial charge on any atom is -0.372 e. The average molecular weight is 366 g/mol. The van der Waals surface area contributed by atoms with Gasteiger partial charge in [0.15, 0.2) is 0 Å². The van der Waals surface area contributed by atoms with Gasteiger partial charge in [0, 0.05) is 43.5 Å². The normalized spacial score (nSPS) is 17.3. The molecular weight excluding hydrogens is 340 g/mol. The molecule has 6 heteroatoms. The van der Waals surface area contributed by atoms with Crippen LogP contribution in [-0.4, -0.2) is 46.8 Å². The van der Waals surface area contributed by atoms with Crippen LogP contribution >= 0.6 is 0 Å². The molecule has 0 atom stereocenters. The number of piperidine rings is 1. The van der Waals surface area contributed by atoms with Crippen molar-refractivity contribution >= 4 is 11.6 Å². The molecule has 0 saturated carbocycles. The Kier molecular flexibility index (Phi) is 5.23. The maximum atomic E-state index is 12.4. The first-order chi connectivity index (χ1) is 13.2. The lowest BCUT2D eigenvalue weighted by Crippen LogP contribution is -2.35. The SMILES string of the molecule is O=C(Cn1nc(-c2ccc(N3CCCCC3)cc2)ccc1=O)N1CCCC1. The Morgan fingerprint density at radius 3 is 2.22 bits per heavy atom. The van der Waals surface area contributed by atoms with Crippen molar-refractivity contribution in [3.8, 4) is 11.3 Å². The van der Waals surface area contributed by atoms with Crippen LogP contribution in [0.1, 0.15) is 32.1 Å². The molecular formula is C21H26N4O2. The van der Waals surface area contributed by atoms with Crippen molar-refractivity contribution in [3.63, 3.8) is 0 Å². The number of nitrogens with zero attached hydrogens (tertiary/aromatic N) is 4. The predicted molar refractivity (Wildman–Crippen MR) is 106 cm³/mol. The number of rotatable bonds is 4. The number of hydrogen-bond acceptors (Lipinski definition) is 4. The quantitative estimate of drug-likeness (QED) is 0.834. The molecule has 4 rings (SSSR count). The van der Waals surface area contributed by atoms with Gasteiger partial charge in [0.25, 0.3) is 5.56 Å². The number of hydrogen-bond donors (Lipinski definition) is 0. The standard InChI is InChI=1S/C21H26N4O2/c26-20-11-10-19(22-25(20)16-21(27)24-14-4-5-15-24)17-6-8-18(9-7-17)23-12-2-1-3-13-23/h6-11H,1-5,12-16H2. The zero-order chi connectivity index (χ0) is 18.6. The van der Waals surface area contributed by atoms with Gasteiger partial charge in [-0.3, -0.25) is 9.59 Å². The average Bonchev–Trinajstić information content (AvgIpc) is 3.26. The highest BCUT2D eigenvalue weighted by Gasteiger charge is 2.19. The number of carbonyl (C=O) groups excluding carboxylic acids is 1. The molecule has 2 aliphatic rings. The highest BCUT2D eigenvalue weighted by atomic mass is 16.2. The third-order valence-corrected chi connectivity index (χ3v) is 5.49. The van der Waals surface area contributed by atoms with Crippen molar-refractivity contribution in [2.45, 2.75) is 38.6 Å². The fourth-order valence-corrected chi connectivity index (χ4v) is 3.91. The smallest absolute Gasteiger partial charge is 0.267 e. The molecule has 0 spiro atoms. The van der Waals surface area contributed by atoms with E-state index >= 15 is 0 Å². The van der Waals surface area contributed by atoms with E-state index < -0.39 is 0 Å². The van der Waals surface area contributed by atoms with Gasteiger partial charge < -0.3 is 9.80 Å². The van der Waals surface area contributed by atoms with Gasteiger partial charge in [-0.15, -0.1) is 0 Å². The summed E-state index contributed by atoms with van der Waals surface area (Å²) < 4.78 is 1.29. The lowest BCUT2D eigenvalue weighted by molar-refractivity contribution is -0.131. The van der Waals surface area contributed by atoms with Gasteiger partial charge in [0.2, 0.25) is 5.91 Å². The van der Waals surface area contributed by atoms with Gasteiger partial charge in [0.1, 0.15) is 6.54 Å². The van der Waals surface area contributed by atoms with Crippen molar-refractivity contribution in [1.29, 1.82) is 0 Å². The molecule has 0 bridgehead atoms. The Morgan fingerprint density at radius 1 is 0.852 bits per heavy atom. The van der Waals surface area contributed by atoms with Crippen LogP contribution in [0.25, 0.3) is 11.3 Å². The summed E-state index contributed by atoms with van der Waals surface area (Å²) in [4.78, 5) is 28.7. The van der Waals surface area contributed by atoms with Crippen LogP contribution in [0.5, 0.6) is 0 Å². The van der Waals surface area contributed by atoms with E-state index in [1.807, 2.05) is 17.0 Å². The molecule has 142 valence electrons. The monoisotopic (exact) mass is 366 g/mol. The Balaban J connectivity index is 1.51. The number of aromatic nitrogens is 2. The highest BCUT2D eigenvalue weighted by molar-refractivity contribution is 5.76. The van der Waals surface area contributed by atoms with Crippen LogP contribution in [0.4, 0.5) is 5.69 Å². The molecule has 27 heavy (non-hydrogen) atoms. The lowest BCUT2D eigenvalue weighted by atomic mass is 10.1. The van der Waals surface area contributed by atoms with Crippen LogP contribution in [0.15, 0.2) is 41.2 Å². The van der Waals surface area contributed by atoms with Crippen LogP contribution in [0, 0.1) is 0 Å². The summed E-state index contributed by atoms with van der Waals surface area (Å²) in [5, 5.41) is 4.44. The molecule has 1 aromatic heterocycles. The highest BCUT2D eigenvalue weighted by Crippen LogP contribution is 2.23. The van der Waals surface area contributed by atoms with Crippen LogP contribution in [0.2, 0.25) is 0 Å². The number of benzene rings is 1. The zero-order valence-corrected chi connectivity index (χ0v) is 15.6. The third-order valence-electron chi connectivity index (χ3n) is 5.49. The number of carbonyl (C=O) groups is 1. The largest absolute Gasteiger partial charge is 0.372 e. The van der Waals surface area contributed by atoms with Crippen LogP contribution in [0.3, 0.4) is 0 Å². The maximum Gasteiger partial charge on any atom is 0.267 e. The second kappa shape index (κ2) is 7.94. The van der Waals surface area contributed by atoms with E-state index in [0.717, 1.165) is 44.6 Å². The van der Waals surface area contributed by atoms with E-state index in [2.05, 4.69) is 22.1 Å². The molecule has 0 radical (unpaired) electrons. The molecule has 2 fully saturated rings. The first kappa shape index (κ1) is 17.8. The van der Waals surface area contributed by atoms with E-state index in [1.165, 1.54) is 35.7 Å². The Bertz CT molecular complexity index is 847. The van der Waals surface area contributed by atoms with Crippen molar-refractivity contribution in [2.75, 3.05) is 31.1 Å².